The molecule has 0 saturated carbocycles. The van der Waals surface area contributed by atoms with E-state index in [0.29, 0.717) is 36.0 Å². The van der Waals surface area contributed by atoms with Gasteiger partial charge in [0.15, 0.2) is 0 Å². The Balaban J connectivity index is -0.00000122. The third-order valence-corrected chi connectivity index (χ3v) is 23.8. The minimum absolute atomic E-state index is 0. The SMILES string of the molecule is CB(O)c1cccc(C#N)c1.CCOC(=O)C(C)(C)c1cc(C)c(Br)c(OC)c1.COc1cc(C(=O)O)cc(C)c1Br.COc1cc(C(C)(C)C#N)cc(C)c1Br.COc1cc(C(C)(C)C(=O)O)cc(C)c1Br.COc1cc(CC#N)cc(C)c1Br.COc1cc(CCl)cc(C)c1Br.COc1cc(CO)cc(C)c1Br.[Ba+2].[OH-].[OH-]. The summed E-state index contributed by atoms with van der Waals surface area (Å²) in [5.41, 5.74) is 12.2. The maximum Gasteiger partial charge on any atom is 2.00 e. The first-order valence-corrected chi connectivity index (χ1v) is 39.7. The summed E-state index contributed by atoms with van der Waals surface area (Å²) in [7, 11) is 11.2. The van der Waals surface area contributed by atoms with Gasteiger partial charge < -0.3 is 69.2 Å². The molecule has 0 aliphatic carbocycles. The minimum atomic E-state index is -0.950. The molecule has 0 unspecified atom stereocenters. The van der Waals surface area contributed by atoms with E-state index in [9.17, 15) is 14.4 Å². The summed E-state index contributed by atoms with van der Waals surface area (Å²) < 4.78 is 47.7. The van der Waals surface area contributed by atoms with E-state index in [0.717, 1.165) is 138 Å². The summed E-state index contributed by atoms with van der Waals surface area (Å²) >= 11 is 29.6. The summed E-state index contributed by atoms with van der Waals surface area (Å²) in [6.45, 7) is 27.9. The van der Waals surface area contributed by atoms with Gasteiger partial charge in [-0.25, -0.2) is 4.79 Å². The molecule has 0 aromatic heterocycles. The maximum atomic E-state index is 12.0. The number of hydrogen-bond donors (Lipinski definition) is 4. The molecule has 0 bridgehead atoms. The van der Waals surface area contributed by atoms with Crippen LogP contribution in [-0.2, 0) is 49.5 Å². The molecule has 8 aromatic rings. The number of hydrogen-bond acceptors (Lipinski definition) is 18. The number of carbonyl (C=O) groups excluding carboxylic acids is 1. The zero-order chi connectivity index (χ0) is 84.5. The van der Waals surface area contributed by atoms with Crippen LogP contribution in [0.2, 0.25) is 6.82 Å². The van der Waals surface area contributed by atoms with Gasteiger partial charge in [-0.2, -0.15) is 15.8 Å². The molecule has 8 aromatic carbocycles. The van der Waals surface area contributed by atoms with Crippen LogP contribution < -0.4 is 38.6 Å². The van der Waals surface area contributed by atoms with E-state index >= 15 is 0 Å². The average molecular weight is 2150 g/mol. The summed E-state index contributed by atoms with van der Waals surface area (Å²) in [6, 6.07) is 39.4. The van der Waals surface area contributed by atoms with Crippen LogP contribution in [0.15, 0.2) is 141 Å². The predicted octanol–water partition coefficient (Wildman–Crippen LogP) is 21.0. The third-order valence-electron chi connectivity index (χ3n) is 16.4. The van der Waals surface area contributed by atoms with Crippen molar-refractivity contribution in [1.29, 1.82) is 15.8 Å². The molecule has 0 atom stereocenters. The van der Waals surface area contributed by atoms with E-state index in [1.807, 2.05) is 149 Å². The van der Waals surface area contributed by atoms with Crippen molar-refractivity contribution in [3.05, 3.63) is 224 Å². The number of aliphatic carboxylic acids is 1. The fourth-order valence-electron chi connectivity index (χ4n) is 9.47. The first-order chi connectivity index (χ1) is 51.4. The molecule has 30 heteroatoms. The molecular formula is C83H98BBaBr7ClN3O17. The molecule has 0 aliphatic heterocycles. The topological polar surface area (TPSA) is 337 Å². The Bertz CT molecular complexity index is 4530. The van der Waals surface area contributed by atoms with Crippen LogP contribution in [0.4, 0.5) is 0 Å². The molecule has 0 heterocycles. The fraction of sp³-hybridized carbons (Fsp3) is 0.349. The normalized spacial score (nSPS) is 10.0. The number of alkyl halides is 1. The molecule has 113 heavy (non-hydrogen) atoms. The number of rotatable bonds is 18. The second kappa shape index (κ2) is 54.4. The fourth-order valence-corrected chi connectivity index (χ4v) is 12.4. The first-order valence-electron chi connectivity index (χ1n) is 33.6. The molecule has 0 radical (unpaired) electrons. The number of aryl methyl sites for hydroxylation is 7. The van der Waals surface area contributed by atoms with Crippen molar-refractivity contribution < 1.29 is 83.6 Å². The van der Waals surface area contributed by atoms with Gasteiger partial charge in [0.1, 0.15) is 40.2 Å². The Kier molecular flexibility index (Phi) is 53.7. The average Bonchev–Trinajstić information content (AvgIpc) is 0.798. The van der Waals surface area contributed by atoms with Crippen LogP contribution >= 0.6 is 123 Å². The number of aliphatic hydroxyl groups is 1. The van der Waals surface area contributed by atoms with Crippen LogP contribution in [0.5, 0.6) is 40.2 Å². The van der Waals surface area contributed by atoms with E-state index in [1.165, 1.54) is 13.2 Å². The Hall–Kier alpha value is -5.63. The van der Waals surface area contributed by atoms with Crippen LogP contribution in [0, 0.1) is 82.5 Å². The van der Waals surface area contributed by atoms with Crippen molar-refractivity contribution in [2.75, 3.05) is 56.4 Å². The predicted molar refractivity (Wildman–Crippen MR) is 473 cm³/mol. The molecular weight excluding hydrogens is 2050 g/mol. The van der Waals surface area contributed by atoms with E-state index in [1.54, 1.807) is 107 Å². The molecule has 0 spiro atoms. The van der Waals surface area contributed by atoms with Crippen molar-refractivity contribution in [3.63, 3.8) is 0 Å². The van der Waals surface area contributed by atoms with Gasteiger partial charge in [0.2, 0.25) is 0 Å². The quantitative estimate of drug-likeness (QED) is 0.0352. The van der Waals surface area contributed by atoms with E-state index in [-0.39, 0.29) is 78.0 Å². The zero-order valence-electron chi connectivity index (χ0n) is 67.5. The molecule has 0 aliphatic rings. The van der Waals surface area contributed by atoms with Crippen LogP contribution in [-0.4, -0.2) is 161 Å². The van der Waals surface area contributed by atoms with Crippen LogP contribution in [0.3, 0.4) is 0 Å². The van der Waals surface area contributed by atoms with Crippen molar-refractivity contribution in [1.82, 2.24) is 0 Å². The Morgan fingerprint density at radius 1 is 0.478 bits per heavy atom. The van der Waals surface area contributed by atoms with Gasteiger partial charge in [0.05, 0.1) is 146 Å². The standard InChI is InChI=1S/C14H19BrO3.C12H14BrNO.C12H15BrO3.C10H10BrNO.C9H10BrClO.C9H9BrO3.C9H11BrO2.C8H8BNO.Ba.2H2O/c1-6-18-13(16)14(3,4)10-7-9(2)12(15)11(8-10)17-5;1-8-5-9(12(2,3)7-14)6-10(15-4)11(8)13;1-7-5-8(12(2,3)11(14)15)6-9(16-4)10(7)13;1-7-5-8(3-4-12)6-9(13-2)10(7)11;1-6-3-7(5-11)4-8(12-2)9(6)10;1-5-3-6(9(11)12)4-7(13-2)8(5)10;1-6-3-7(5-11)4-8(12-2)9(6)10;1-9(11)8-4-2-3-7(5-8)6-10;;;/h7-8H,6H2,1-5H3;5-6H,1-4H3;5-6H,1-4H3,(H,14,15);5-6H,3H2,1-2H3;3-4H,5H2,1-2H3;3-4H,1-2H3,(H,11,12);3-4,11H,5H2,1-2H3;2-5,11H,1H3;;2*1H2/q;;;;;;;;+2;;/p-2. The van der Waals surface area contributed by atoms with Gasteiger partial charge in [0.25, 0.3) is 0 Å². The van der Waals surface area contributed by atoms with Gasteiger partial charge in [-0.15, -0.1) is 11.6 Å². The van der Waals surface area contributed by atoms with Crippen molar-refractivity contribution >= 4 is 202 Å². The molecule has 0 saturated heterocycles. The molecule has 6 N–H and O–H groups in total. The largest absolute Gasteiger partial charge is 2.00 e. The van der Waals surface area contributed by atoms with Gasteiger partial charge >= 0.3 is 73.7 Å². The van der Waals surface area contributed by atoms with Gasteiger partial charge in [-0.1, -0.05) is 55.4 Å². The second-order valence-electron chi connectivity index (χ2n) is 25.9. The maximum absolute atomic E-state index is 12.0. The number of carboxylic acid groups (broad SMARTS) is 2. The minimum Gasteiger partial charge on any atom is -0.870 e. The number of ether oxygens (including phenoxy) is 8. The molecule has 608 valence electrons. The summed E-state index contributed by atoms with van der Waals surface area (Å²) in [5.74, 6) is 3.57. The third kappa shape index (κ3) is 34.5. The number of methoxy groups -OCH3 is 7. The number of nitriles is 3. The summed E-state index contributed by atoms with van der Waals surface area (Å²) in [4.78, 5) is 33.8. The first kappa shape index (κ1) is 112. The van der Waals surface area contributed by atoms with Gasteiger partial charge in [-0.05, 0) is 347 Å². The molecule has 20 nitrogen and oxygen atoms in total. The van der Waals surface area contributed by atoms with Gasteiger partial charge in [0, 0.05) is 5.88 Å². The summed E-state index contributed by atoms with van der Waals surface area (Å²) in [6.07, 6.45) is 0.421. The monoisotopic (exact) mass is 2150 g/mol. The zero-order valence-corrected chi connectivity index (χ0v) is 83.8. The van der Waals surface area contributed by atoms with Crippen LogP contribution in [0.1, 0.15) is 137 Å². The number of halogens is 8. The number of aromatic carboxylic acids is 1. The van der Waals surface area contributed by atoms with E-state index in [2.05, 4.69) is 124 Å². The number of aliphatic hydroxyl groups excluding tert-OH is 1. The van der Waals surface area contributed by atoms with Crippen molar-refractivity contribution in [3.8, 4) is 58.5 Å². The Morgan fingerprint density at radius 3 is 1.14 bits per heavy atom. The van der Waals surface area contributed by atoms with Crippen molar-refractivity contribution in [2.45, 2.75) is 139 Å². The number of benzene rings is 8. The number of carbonyl (C=O) groups is 3. The Morgan fingerprint density at radius 2 is 0.805 bits per heavy atom. The van der Waals surface area contributed by atoms with Crippen molar-refractivity contribution in [2.24, 2.45) is 0 Å². The smallest absolute Gasteiger partial charge is 0.870 e. The molecule has 0 amide bonds. The van der Waals surface area contributed by atoms with Crippen LogP contribution in [0.25, 0.3) is 0 Å². The number of nitrogens with zero attached hydrogens (tertiary/aromatic N) is 3. The number of esters is 1. The van der Waals surface area contributed by atoms with Gasteiger partial charge in [-0.3, -0.25) is 9.59 Å². The van der Waals surface area contributed by atoms with E-state index < -0.39 is 35.1 Å². The Labute approximate surface area is 770 Å². The molecule has 8 rings (SSSR count). The summed E-state index contributed by atoms with van der Waals surface area (Å²) in [5, 5.41) is 62.1. The van der Waals surface area contributed by atoms with E-state index in [4.69, 9.17) is 85.6 Å². The second-order valence-corrected chi connectivity index (χ2v) is 31.7. The number of carboxylic acids is 2. The molecule has 0 fully saturated rings.